The van der Waals surface area contributed by atoms with Gasteiger partial charge in [0.2, 0.25) is 0 Å². The lowest BCUT2D eigenvalue weighted by Gasteiger charge is -2.27. The van der Waals surface area contributed by atoms with Gasteiger partial charge in [0.1, 0.15) is 5.84 Å². The zero-order chi connectivity index (χ0) is 12.9. The number of amidine groups is 1. The van der Waals surface area contributed by atoms with Crippen molar-refractivity contribution in [2.24, 2.45) is 22.2 Å². The minimum absolute atomic E-state index is 0.216. The smallest absolute Gasteiger partial charge is 0.144 e. The van der Waals surface area contributed by atoms with Gasteiger partial charge in [-0.15, -0.1) is 0 Å². The zero-order valence-corrected chi connectivity index (χ0v) is 11.4. The Morgan fingerprint density at radius 1 is 1.41 bits per heavy atom. The molecule has 3 N–H and O–H groups in total. The van der Waals surface area contributed by atoms with Gasteiger partial charge in [0.15, 0.2) is 0 Å². The van der Waals surface area contributed by atoms with Crippen LogP contribution < -0.4 is 5.73 Å². The van der Waals surface area contributed by atoms with Crippen LogP contribution in [0.25, 0.3) is 0 Å². The summed E-state index contributed by atoms with van der Waals surface area (Å²) in [6.07, 6.45) is 4.88. The molecule has 1 aliphatic rings. The molecule has 100 valence electrons. The van der Waals surface area contributed by atoms with Gasteiger partial charge in [-0.1, -0.05) is 25.9 Å². The summed E-state index contributed by atoms with van der Waals surface area (Å²) in [5.74, 6) is 1.19. The summed E-state index contributed by atoms with van der Waals surface area (Å²) in [6, 6.07) is 0. The third-order valence-electron chi connectivity index (χ3n) is 3.96. The van der Waals surface area contributed by atoms with Gasteiger partial charge in [-0.3, -0.25) is 0 Å². The molecule has 0 spiro atoms. The Morgan fingerprint density at radius 2 is 2.12 bits per heavy atom. The molecule has 0 aliphatic carbocycles. The van der Waals surface area contributed by atoms with Crippen LogP contribution in [0, 0.1) is 11.3 Å². The molecule has 1 atom stereocenters. The number of nitrogens with two attached hydrogens (primary N) is 1. The predicted molar refractivity (Wildman–Crippen MR) is 71.3 cm³/mol. The highest BCUT2D eigenvalue weighted by Gasteiger charge is 2.24. The fourth-order valence-corrected chi connectivity index (χ4v) is 2.25. The van der Waals surface area contributed by atoms with E-state index in [0.717, 1.165) is 18.9 Å². The molecule has 4 heteroatoms. The van der Waals surface area contributed by atoms with E-state index in [-0.39, 0.29) is 5.41 Å². The standard InChI is InChI=1S/C13H27N3O/c1-11-5-4-8-16(9-6-11)10-7-13(2,3)12(14)15-17/h11,17H,4-10H2,1-3H3,(H2,14,15). The van der Waals surface area contributed by atoms with Gasteiger partial charge in [-0.25, -0.2) is 0 Å². The Hall–Kier alpha value is -0.770. The quantitative estimate of drug-likeness (QED) is 0.343. The van der Waals surface area contributed by atoms with Gasteiger partial charge >= 0.3 is 0 Å². The Bertz CT molecular complexity index is 263. The molecule has 1 aliphatic heterocycles. The monoisotopic (exact) mass is 241 g/mol. The van der Waals surface area contributed by atoms with E-state index in [1.165, 1.54) is 32.4 Å². The first-order valence-electron chi connectivity index (χ1n) is 6.66. The van der Waals surface area contributed by atoms with Crippen molar-refractivity contribution in [1.29, 1.82) is 0 Å². The number of nitrogens with zero attached hydrogens (tertiary/aromatic N) is 2. The van der Waals surface area contributed by atoms with Crippen LogP contribution in [-0.4, -0.2) is 35.6 Å². The van der Waals surface area contributed by atoms with Gasteiger partial charge in [0.25, 0.3) is 0 Å². The molecule has 1 saturated heterocycles. The highest BCUT2D eigenvalue weighted by molar-refractivity contribution is 5.85. The minimum Gasteiger partial charge on any atom is -0.409 e. The van der Waals surface area contributed by atoms with Crippen LogP contribution >= 0.6 is 0 Å². The minimum atomic E-state index is -0.216. The second-order valence-corrected chi connectivity index (χ2v) is 6.00. The first-order chi connectivity index (χ1) is 7.95. The first-order valence-corrected chi connectivity index (χ1v) is 6.66. The SMILES string of the molecule is CC1CCCN(CCC(C)(C)C(N)=NO)CC1. The molecule has 17 heavy (non-hydrogen) atoms. The molecule has 0 bridgehead atoms. The van der Waals surface area contributed by atoms with E-state index in [9.17, 15) is 0 Å². The highest BCUT2D eigenvalue weighted by atomic mass is 16.4. The van der Waals surface area contributed by atoms with Crippen LogP contribution in [0.1, 0.15) is 46.5 Å². The first kappa shape index (κ1) is 14.3. The molecule has 0 amide bonds. The van der Waals surface area contributed by atoms with Crippen molar-refractivity contribution in [3.8, 4) is 0 Å². The van der Waals surface area contributed by atoms with Crippen LogP contribution in [0.5, 0.6) is 0 Å². The normalized spacial score (nSPS) is 24.6. The summed E-state index contributed by atoms with van der Waals surface area (Å²) in [4.78, 5) is 2.51. The van der Waals surface area contributed by atoms with Gasteiger partial charge in [-0.2, -0.15) is 0 Å². The molecule has 0 aromatic rings. The number of oxime groups is 1. The summed E-state index contributed by atoms with van der Waals surface area (Å²) >= 11 is 0. The van der Waals surface area contributed by atoms with E-state index < -0.39 is 0 Å². The molecular weight excluding hydrogens is 214 g/mol. The average Bonchev–Trinajstić information content (AvgIpc) is 2.50. The van der Waals surface area contributed by atoms with E-state index >= 15 is 0 Å². The third kappa shape index (κ3) is 4.54. The second-order valence-electron chi connectivity index (χ2n) is 6.00. The maximum atomic E-state index is 8.74. The van der Waals surface area contributed by atoms with E-state index in [1.807, 2.05) is 13.8 Å². The molecule has 4 nitrogen and oxygen atoms in total. The summed E-state index contributed by atoms with van der Waals surface area (Å²) in [7, 11) is 0. The molecule has 0 saturated carbocycles. The van der Waals surface area contributed by atoms with Crippen LogP contribution in [0.2, 0.25) is 0 Å². The van der Waals surface area contributed by atoms with E-state index in [2.05, 4.69) is 17.0 Å². The lowest BCUT2D eigenvalue weighted by molar-refractivity contribution is 0.246. The maximum Gasteiger partial charge on any atom is 0.144 e. The van der Waals surface area contributed by atoms with Crippen molar-refractivity contribution in [2.75, 3.05) is 19.6 Å². The average molecular weight is 241 g/mol. The van der Waals surface area contributed by atoms with Crippen molar-refractivity contribution in [2.45, 2.75) is 46.5 Å². The van der Waals surface area contributed by atoms with Crippen LogP contribution in [0.15, 0.2) is 5.16 Å². The van der Waals surface area contributed by atoms with Crippen molar-refractivity contribution < 1.29 is 5.21 Å². The largest absolute Gasteiger partial charge is 0.409 e. The van der Waals surface area contributed by atoms with Crippen molar-refractivity contribution in [3.05, 3.63) is 0 Å². The fourth-order valence-electron chi connectivity index (χ4n) is 2.25. The number of rotatable bonds is 4. The van der Waals surface area contributed by atoms with Crippen molar-refractivity contribution in [1.82, 2.24) is 4.90 Å². The lowest BCUT2D eigenvalue weighted by Crippen LogP contribution is -2.36. The van der Waals surface area contributed by atoms with Gasteiger partial charge in [0, 0.05) is 5.41 Å². The molecule has 1 unspecified atom stereocenters. The lowest BCUT2D eigenvalue weighted by atomic mass is 9.88. The summed E-state index contributed by atoms with van der Waals surface area (Å²) in [5.41, 5.74) is 5.49. The van der Waals surface area contributed by atoms with Crippen molar-refractivity contribution in [3.63, 3.8) is 0 Å². The Labute approximate surface area is 105 Å². The second kappa shape index (κ2) is 6.24. The molecule has 1 fully saturated rings. The van der Waals surface area contributed by atoms with Crippen molar-refractivity contribution >= 4 is 5.84 Å². The molecule has 0 aromatic heterocycles. The molecule has 1 heterocycles. The van der Waals surface area contributed by atoms with E-state index in [1.54, 1.807) is 0 Å². The Morgan fingerprint density at radius 3 is 2.76 bits per heavy atom. The van der Waals surface area contributed by atoms with Gasteiger partial charge in [-0.05, 0) is 51.2 Å². The molecule has 1 rings (SSSR count). The summed E-state index contributed by atoms with van der Waals surface area (Å²) in [5, 5.41) is 11.9. The van der Waals surface area contributed by atoms with Crippen LogP contribution in [0.3, 0.4) is 0 Å². The predicted octanol–water partition coefficient (Wildman–Crippen LogP) is 2.27. The Balaban J connectivity index is 2.39. The zero-order valence-electron chi connectivity index (χ0n) is 11.4. The van der Waals surface area contributed by atoms with E-state index in [4.69, 9.17) is 10.9 Å². The maximum absolute atomic E-state index is 8.74. The molecule has 0 radical (unpaired) electrons. The molecule has 0 aromatic carbocycles. The van der Waals surface area contributed by atoms with Gasteiger partial charge < -0.3 is 15.8 Å². The number of likely N-dealkylation sites (tertiary alicyclic amines) is 1. The van der Waals surface area contributed by atoms with Crippen LogP contribution in [0.4, 0.5) is 0 Å². The van der Waals surface area contributed by atoms with Gasteiger partial charge in [0.05, 0.1) is 0 Å². The summed E-state index contributed by atoms with van der Waals surface area (Å²) < 4.78 is 0. The highest BCUT2D eigenvalue weighted by Crippen LogP contribution is 2.23. The number of hydrogen-bond donors (Lipinski definition) is 2. The fraction of sp³-hybridized carbons (Fsp3) is 0.923. The topological polar surface area (TPSA) is 61.8 Å². The third-order valence-corrected chi connectivity index (χ3v) is 3.96. The van der Waals surface area contributed by atoms with Crippen LogP contribution in [-0.2, 0) is 0 Å². The number of hydrogen-bond acceptors (Lipinski definition) is 3. The van der Waals surface area contributed by atoms with E-state index in [0.29, 0.717) is 5.84 Å². The Kier molecular flexibility index (Phi) is 5.25. The molecular formula is C13H27N3O. The summed E-state index contributed by atoms with van der Waals surface area (Å²) in [6.45, 7) is 9.81.